The molecule has 0 aliphatic carbocycles. The number of Topliss-reactive ketones (excluding diaryl/α,β-unsaturated/α-hetero) is 1. The molecule has 4 aromatic rings. The Kier molecular flexibility index (Phi) is 15.8. The van der Waals surface area contributed by atoms with Crippen molar-refractivity contribution < 1.29 is 33.4 Å². The maximum absolute atomic E-state index is 14.3. The number of halogens is 1. The molecule has 0 bridgehead atoms. The average Bonchev–Trinajstić information content (AvgIpc) is 3.79. The first-order valence-corrected chi connectivity index (χ1v) is 19.8. The molecular formula is C43H50ClN5O7. The Morgan fingerprint density at radius 3 is 2.12 bits per heavy atom. The van der Waals surface area contributed by atoms with Crippen LogP contribution in [0.5, 0.6) is 0 Å². The van der Waals surface area contributed by atoms with E-state index in [4.69, 9.17) is 21.1 Å². The van der Waals surface area contributed by atoms with Gasteiger partial charge in [-0.1, -0.05) is 125 Å². The van der Waals surface area contributed by atoms with E-state index >= 15 is 0 Å². The molecule has 0 radical (unpaired) electrons. The molecule has 4 amide bonds. The normalized spacial score (nSPS) is 14.6. The summed E-state index contributed by atoms with van der Waals surface area (Å²) in [6.07, 6.45) is 12.8. The number of nitrogens with one attached hydrogen (secondary N) is 1. The molecule has 1 N–H and O–H groups in total. The largest absolute Gasteiger partial charge is 0.462 e. The number of benzene rings is 3. The van der Waals surface area contributed by atoms with Gasteiger partial charge in [0.25, 0.3) is 11.8 Å². The van der Waals surface area contributed by atoms with Crippen LogP contribution < -0.4 is 5.32 Å². The summed E-state index contributed by atoms with van der Waals surface area (Å²) in [5.74, 6) is -3.38. The molecule has 1 saturated heterocycles. The zero-order chi connectivity index (χ0) is 39.9. The summed E-state index contributed by atoms with van der Waals surface area (Å²) in [5.41, 5.74) is 1.45. The molecule has 296 valence electrons. The number of nitrogens with zero attached hydrogens (tertiary/aromatic N) is 4. The van der Waals surface area contributed by atoms with Crippen LogP contribution in [0.2, 0.25) is 5.02 Å². The average molecular weight is 784 g/mol. The Balaban J connectivity index is 1.33. The SMILES string of the molecule is CCCCCCCCCCCCOC(=O)c1ccc(Cl)c(NC(=O)C(C(=O)c2cnn(-c3ccccc3)c2)N2C(=O)C(OCC)N(Cc3ccccc3)C2=O)c1. The predicted octanol–water partition coefficient (Wildman–Crippen LogP) is 8.62. The number of esters is 1. The lowest BCUT2D eigenvalue weighted by molar-refractivity contribution is -0.144. The monoisotopic (exact) mass is 783 g/mol. The molecule has 3 aromatic carbocycles. The summed E-state index contributed by atoms with van der Waals surface area (Å²) in [6.45, 7) is 4.19. The van der Waals surface area contributed by atoms with E-state index in [0.29, 0.717) is 16.2 Å². The number of carbonyl (C=O) groups is 5. The van der Waals surface area contributed by atoms with Crippen molar-refractivity contribution in [2.45, 2.75) is 96.9 Å². The van der Waals surface area contributed by atoms with Crippen molar-refractivity contribution in [3.8, 4) is 5.69 Å². The van der Waals surface area contributed by atoms with Gasteiger partial charge in [0, 0.05) is 12.8 Å². The number of carbonyl (C=O) groups excluding carboxylic acids is 5. The Morgan fingerprint density at radius 1 is 0.821 bits per heavy atom. The fraction of sp³-hybridized carbons (Fsp3) is 0.395. The van der Waals surface area contributed by atoms with E-state index in [0.717, 1.165) is 25.7 Å². The lowest BCUT2D eigenvalue weighted by Gasteiger charge is -2.24. The van der Waals surface area contributed by atoms with Crippen LogP contribution in [-0.2, 0) is 25.6 Å². The number of amides is 4. The summed E-state index contributed by atoms with van der Waals surface area (Å²) in [5, 5.41) is 6.95. The lowest BCUT2D eigenvalue weighted by atomic mass is 10.0. The highest BCUT2D eigenvalue weighted by atomic mass is 35.5. The van der Waals surface area contributed by atoms with Crippen molar-refractivity contribution in [3.63, 3.8) is 0 Å². The second kappa shape index (κ2) is 21.1. The summed E-state index contributed by atoms with van der Waals surface area (Å²) in [7, 11) is 0. The number of aromatic nitrogens is 2. The third-order valence-electron chi connectivity index (χ3n) is 9.54. The number of rotatable bonds is 22. The molecule has 5 rings (SSSR count). The zero-order valence-corrected chi connectivity index (χ0v) is 32.8. The van der Waals surface area contributed by atoms with Crippen LogP contribution in [0, 0.1) is 0 Å². The predicted molar refractivity (Wildman–Crippen MR) is 214 cm³/mol. The van der Waals surface area contributed by atoms with Gasteiger partial charge >= 0.3 is 12.0 Å². The fourth-order valence-electron chi connectivity index (χ4n) is 6.54. The molecule has 1 aromatic heterocycles. The summed E-state index contributed by atoms with van der Waals surface area (Å²) in [4.78, 5) is 71.6. The number of anilines is 1. The number of ketones is 1. The molecule has 13 heteroatoms. The van der Waals surface area contributed by atoms with Crippen LogP contribution >= 0.6 is 11.6 Å². The third kappa shape index (κ3) is 10.9. The molecule has 0 saturated carbocycles. The van der Waals surface area contributed by atoms with Gasteiger partial charge < -0.3 is 14.8 Å². The van der Waals surface area contributed by atoms with Crippen LogP contribution in [-0.4, -0.2) is 74.7 Å². The van der Waals surface area contributed by atoms with Crippen LogP contribution in [0.4, 0.5) is 10.5 Å². The van der Waals surface area contributed by atoms with Gasteiger partial charge in [0.1, 0.15) is 0 Å². The van der Waals surface area contributed by atoms with Crippen LogP contribution in [0.15, 0.2) is 91.3 Å². The molecule has 56 heavy (non-hydrogen) atoms. The van der Waals surface area contributed by atoms with E-state index in [1.807, 2.05) is 12.1 Å². The van der Waals surface area contributed by atoms with Gasteiger partial charge in [-0.25, -0.2) is 19.2 Å². The molecule has 1 fully saturated rings. The molecule has 1 aliphatic heterocycles. The third-order valence-corrected chi connectivity index (χ3v) is 9.87. The number of hydrogen-bond donors (Lipinski definition) is 1. The number of ether oxygens (including phenoxy) is 2. The second-order valence-electron chi connectivity index (χ2n) is 13.7. The second-order valence-corrected chi connectivity index (χ2v) is 14.1. The molecule has 2 unspecified atom stereocenters. The number of urea groups is 1. The van der Waals surface area contributed by atoms with Crippen molar-refractivity contribution in [3.05, 3.63) is 113 Å². The molecule has 1 aliphatic rings. The Labute approximate surface area is 333 Å². The van der Waals surface area contributed by atoms with Gasteiger partial charge in [-0.2, -0.15) is 5.10 Å². The molecular weight excluding hydrogens is 734 g/mol. The minimum atomic E-state index is -1.99. The van der Waals surface area contributed by atoms with Crippen LogP contribution in [0.25, 0.3) is 5.69 Å². The van der Waals surface area contributed by atoms with E-state index in [1.165, 1.54) is 78.7 Å². The van der Waals surface area contributed by atoms with Crippen molar-refractivity contribution in [1.29, 1.82) is 0 Å². The first kappa shape index (κ1) is 41.8. The summed E-state index contributed by atoms with van der Waals surface area (Å²) < 4.78 is 12.7. The standard InChI is InChI=1S/C43H50ClN5O7/c1-3-5-6-7-8-9-10-11-12-19-26-56-42(53)32-24-25-35(44)36(27-32)46-39(51)37(38(50)33-28-45-48(30-33)34-22-17-14-18-23-34)49-40(52)41(55-4-2)47(43(49)54)29-31-20-15-13-16-21-31/h13-18,20-25,27-28,30,37,41H,3-12,19,26,29H2,1-2H3,(H,46,51). The smallest absolute Gasteiger partial charge is 0.338 e. The van der Waals surface area contributed by atoms with Crippen molar-refractivity contribution in [1.82, 2.24) is 19.6 Å². The summed E-state index contributed by atoms with van der Waals surface area (Å²) >= 11 is 6.49. The van der Waals surface area contributed by atoms with Gasteiger partial charge in [-0.15, -0.1) is 0 Å². The van der Waals surface area contributed by atoms with Gasteiger partial charge in [0.15, 0.2) is 11.8 Å². The summed E-state index contributed by atoms with van der Waals surface area (Å²) in [6, 6.07) is 19.3. The lowest BCUT2D eigenvalue weighted by Crippen LogP contribution is -2.52. The van der Waals surface area contributed by atoms with Crippen molar-refractivity contribution in [2.75, 3.05) is 18.5 Å². The van der Waals surface area contributed by atoms with Gasteiger partial charge in [0.2, 0.25) is 6.23 Å². The fourth-order valence-corrected chi connectivity index (χ4v) is 6.71. The Bertz CT molecular complexity index is 1940. The van der Waals surface area contributed by atoms with E-state index in [9.17, 15) is 24.0 Å². The highest BCUT2D eigenvalue weighted by molar-refractivity contribution is 6.34. The molecule has 0 spiro atoms. The van der Waals surface area contributed by atoms with Crippen molar-refractivity contribution >= 4 is 46.9 Å². The minimum Gasteiger partial charge on any atom is -0.462 e. The number of hydrogen-bond acceptors (Lipinski definition) is 8. The van der Waals surface area contributed by atoms with E-state index in [1.54, 1.807) is 55.5 Å². The first-order chi connectivity index (χ1) is 27.2. The van der Waals surface area contributed by atoms with E-state index in [-0.39, 0.29) is 41.6 Å². The highest BCUT2D eigenvalue weighted by Gasteiger charge is 2.53. The van der Waals surface area contributed by atoms with Gasteiger partial charge in [0.05, 0.1) is 46.9 Å². The topological polar surface area (TPSA) is 140 Å². The maximum atomic E-state index is 14.3. The van der Waals surface area contributed by atoms with Crippen molar-refractivity contribution in [2.24, 2.45) is 0 Å². The minimum absolute atomic E-state index is 0.00979. The zero-order valence-electron chi connectivity index (χ0n) is 32.0. The molecule has 2 atom stereocenters. The quantitative estimate of drug-likeness (QED) is 0.0275. The Hall–Kier alpha value is -5.33. The van der Waals surface area contributed by atoms with Crippen LogP contribution in [0.3, 0.4) is 0 Å². The highest BCUT2D eigenvalue weighted by Crippen LogP contribution is 2.29. The number of para-hydroxylation sites is 1. The van der Waals surface area contributed by atoms with E-state index < -0.39 is 41.9 Å². The van der Waals surface area contributed by atoms with E-state index in [2.05, 4.69) is 17.3 Å². The van der Waals surface area contributed by atoms with Gasteiger partial charge in [-0.05, 0) is 49.2 Å². The number of unbranched alkanes of at least 4 members (excludes halogenated alkanes) is 9. The maximum Gasteiger partial charge on any atom is 0.338 e. The number of imide groups is 1. The molecule has 2 heterocycles. The van der Waals surface area contributed by atoms with Crippen LogP contribution in [0.1, 0.15) is 104 Å². The van der Waals surface area contributed by atoms with Gasteiger partial charge in [-0.3, -0.25) is 19.3 Å². The Morgan fingerprint density at radius 2 is 1.46 bits per heavy atom. The molecule has 12 nitrogen and oxygen atoms in total. The first-order valence-electron chi connectivity index (χ1n) is 19.4.